The van der Waals surface area contributed by atoms with Crippen LogP contribution in [-0.4, -0.2) is 63.2 Å². The standard InChI is InChI=1S/C28H30N6O3/c1-16(2)11-23(33(4)25(35)22-12-18-10-9-17(3)30-24(18)31-22)26(36)34-15-28(13-19(34)14-29)20-7-5-6-8-21(20)32-27(28)37/h5-10,12,16,19,23H,11,13,15H2,1-4H3,(H,30,31)(H,32,37)/t19?,23-,28-/m0/s1. The Labute approximate surface area is 215 Å². The number of H-pyrrole nitrogens is 1. The number of amides is 3. The first kappa shape index (κ1) is 24.5. The number of likely N-dealkylation sites (N-methyl/N-ethyl adjacent to an activating group) is 1. The number of anilines is 1. The van der Waals surface area contributed by atoms with E-state index in [1.165, 1.54) is 9.80 Å². The van der Waals surface area contributed by atoms with Gasteiger partial charge in [-0.15, -0.1) is 0 Å². The first-order chi connectivity index (χ1) is 17.6. The molecule has 1 saturated heterocycles. The van der Waals surface area contributed by atoms with Gasteiger partial charge in [-0.25, -0.2) is 4.98 Å². The zero-order valence-corrected chi connectivity index (χ0v) is 21.4. The molecule has 0 bridgehead atoms. The maximum Gasteiger partial charge on any atom is 0.270 e. The number of para-hydroxylation sites is 1. The fourth-order valence-electron chi connectivity index (χ4n) is 5.60. The monoisotopic (exact) mass is 498 g/mol. The van der Waals surface area contributed by atoms with E-state index in [0.29, 0.717) is 23.4 Å². The summed E-state index contributed by atoms with van der Waals surface area (Å²) in [5.41, 5.74) is 2.33. The lowest BCUT2D eigenvalue weighted by Crippen LogP contribution is -2.52. The van der Waals surface area contributed by atoms with Crippen LogP contribution in [0.2, 0.25) is 0 Å². The summed E-state index contributed by atoms with van der Waals surface area (Å²) in [5.74, 6) is -0.741. The fourth-order valence-corrected chi connectivity index (χ4v) is 5.60. The van der Waals surface area contributed by atoms with Gasteiger partial charge >= 0.3 is 0 Å². The van der Waals surface area contributed by atoms with Crippen molar-refractivity contribution in [3.8, 4) is 6.07 Å². The Morgan fingerprint density at radius 1 is 1.27 bits per heavy atom. The second-order valence-electron chi connectivity index (χ2n) is 10.5. The van der Waals surface area contributed by atoms with E-state index in [1.54, 1.807) is 13.1 Å². The van der Waals surface area contributed by atoms with Gasteiger partial charge in [0, 0.05) is 36.8 Å². The van der Waals surface area contributed by atoms with Gasteiger partial charge in [-0.1, -0.05) is 32.0 Å². The molecule has 3 aromatic rings. The Bertz CT molecular complexity index is 1450. The summed E-state index contributed by atoms with van der Waals surface area (Å²) in [6.45, 7) is 5.95. The number of carbonyl (C=O) groups is 3. The normalized spacial score (nSPS) is 21.2. The second kappa shape index (κ2) is 9.04. The van der Waals surface area contributed by atoms with E-state index in [4.69, 9.17) is 0 Å². The molecule has 1 aromatic carbocycles. The number of benzene rings is 1. The predicted octanol–water partition coefficient (Wildman–Crippen LogP) is 3.37. The van der Waals surface area contributed by atoms with E-state index in [0.717, 1.165) is 16.6 Å². The molecule has 0 saturated carbocycles. The van der Waals surface area contributed by atoms with Crippen molar-refractivity contribution in [1.82, 2.24) is 19.8 Å². The van der Waals surface area contributed by atoms with E-state index >= 15 is 0 Å². The third kappa shape index (κ3) is 4.02. The number of nitrogens with zero attached hydrogens (tertiary/aromatic N) is 4. The molecule has 5 rings (SSSR count). The molecule has 0 radical (unpaired) electrons. The lowest BCUT2D eigenvalue weighted by molar-refractivity contribution is -0.136. The molecule has 3 amide bonds. The Morgan fingerprint density at radius 2 is 2.03 bits per heavy atom. The molecule has 9 heteroatoms. The number of fused-ring (bicyclic) bond motifs is 3. The van der Waals surface area contributed by atoms with Crippen molar-refractivity contribution < 1.29 is 14.4 Å². The highest BCUT2D eigenvalue weighted by Crippen LogP contribution is 2.46. The van der Waals surface area contributed by atoms with E-state index in [-0.39, 0.29) is 36.6 Å². The van der Waals surface area contributed by atoms with Crippen LogP contribution in [-0.2, 0) is 15.0 Å². The van der Waals surface area contributed by atoms with Gasteiger partial charge in [0.05, 0.1) is 11.5 Å². The number of likely N-dealkylation sites (tertiary alicyclic amines) is 1. The molecular formula is C28H30N6O3. The maximum atomic E-state index is 14.0. The molecule has 37 heavy (non-hydrogen) atoms. The number of hydrogen-bond donors (Lipinski definition) is 2. The average Bonchev–Trinajstić information content (AvgIpc) is 3.55. The fraction of sp³-hybridized carbons (Fsp3) is 0.393. The lowest BCUT2D eigenvalue weighted by Gasteiger charge is -2.33. The molecule has 2 aliphatic rings. The van der Waals surface area contributed by atoms with Gasteiger partial charge in [-0.05, 0) is 49.1 Å². The molecule has 2 aliphatic heterocycles. The molecule has 2 aromatic heterocycles. The molecule has 0 aliphatic carbocycles. The van der Waals surface area contributed by atoms with Crippen molar-refractivity contribution >= 4 is 34.4 Å². The summed E-state index contributed by atoms with van der Waals surface area (Å²) in [4.78, 5) is 51.2. The van der Waals surface area contributed by atoms with Crippen LogP contribution in [0.3, 0.4) is 0 Å². The van der Waals surface area contributed by atoms with Gasteiger partial charge in [0.15, 0.2) is 0 Å². The lowest BCUT2D eigenvalue weighted by atomic mass is 9.80. The zero-order valence-electron chi connectivity index (χ0n) is 21.4. The van der Waals surface area contributed by atoms with Gasteiger partial charge in [0.2, 0.25) is 11.8 Å². The first-order valence-electron chi connectivity index (χ1n) is 12.5. The van der Waals surface area contributed by atoms with Crippen LogP contribution in [0.25, 0.3) is 11.0 Å². The topological polar surface area (TPSA) is 122 Å². The Hall–Kier alpha value is -4.19. The van der Waals surface area contributed by atoms with Gasteiger partial charge in [0.1, 0.15) is 23.4 Å². The van der Waals surface area contributed by atoms with E-state index in [1.807, 2.05) is 57.2 Å². The summed E-state index contributed by atoms with van der Waals surface area (Å²) in [5, 5.41) is 13.7. The van der Waals surface area contributed by atoms with Crippen molar-refractivity contribution in [3.05, 3.63) is 59.4 Å². The molecular weight excluding hydrogens is 468 g/mol. The number of rotatable bonds is 5. The number of aromatic amines is 1. The first-order valence-corrected chi connectivity index (χ1v) is 12.5. The highest BCUT2D eigenvalue weighted by atomic mass is 16.2. The molecule has 2 N–H and O–H groups in total. The average molecular weight is 499 g/mol. The van der Waals surface area contributed by atoms with Crippen LogP contribution in [0.4, 0.5) is 5.69 Å². The van der Waals surface area contributed by atoms with Crippen LogP contribution in [0, 0.1) is 24.2 Å². The Morgan fingerprint density at radius 3 is 2.76 bits per heavy atom. The van der Waals surface area contributed by atoms with Gasteiger partial charge in [-0.2, -0.15) is 5.26 Å². The van der Waals surface area contributed by atoms with Gasteiger partial charge in [0.25, 0.3) is 5.91 Å². The molecule has 1 unspecified atom stereocenters. The van der Waals surface area contributed by atoms with Gasteiger partial charge in [-0.3, -0.25) is 14.4 Å². The molecule has 1 fully saturated rings. The summed E-state index contributed by atoms with van der Waals surface area (Å²) in [7, 11) is 1.61. The number of aryl methyl sites for hydroxylation is 1. The molecule has 9 nitrogen and oxygen atoms in total. The summed E-state index contributed by atoms with van der Waals surface area (Å²) in [6, 6.07) is 13.6. The van der Waals surface area contributed by atoms with E-state index in [9.17, 15) is 19.6 Å². The highest BCUT2D eigenvalue weighted by Gasteiger charge is 2.56. The number of aromatic nitrogens is 2. The van der Waals surface area contributed by atoms with Crippen LogP contribution in [0.15, 0.2) is 42.5 Å². The smallest absolute Gasteiger partial charge is 0.270 e. The zero-order chi connectivity index (χ0) is 26.5. The summed E-state index contributed by atoms with van der Waals surface area (Å²) >= 11 is 0. The molecule has 3 atom stereocenters. The number of carbonyl (C=O) groups excluding carboxylic acids is 3. The third-order valence-corrected chi connectivity index (χ3v) is 7.53. The van der Waals surface area contributed by atoms with Crippen molar-refractivity contribution in [1.29, 1.82) is 5.26 Å². The van der Waals surface area contributed by atoms with Crippen LogP contribution < -0.4 is 5.32 Å². The van der Waals surface area contributed by atoms with E-state index < -0.39 is 17.5 Å². The SMILES string of the molecule is Cc1ccc2cc(C(=O)N(C)[C@@H](CC(C)C)C(=O)N3C[C@]4(CC3C#N)C(=O)Nc3ccccc34)[nH]c2n1. The van der Waals surface area contributed by atoms with Crippen molar-refractivity contribution in [2.24, 2.45) is 5.92 Å². The largest absolute Gasteiger partial charge is 0.335 e. The maximum absolute atomic E-state index is 14.0. The van der Waals surface area contributed by atoms with E-state index in [2.05, 4.69) is 21.4 Å². The van der Waals surface area contributed by atoms with Crippen molar-refractivity contribution in [2.75, 3.05) is 18.9 Å². The number of pyridine rings is 1. The van der Waals surface area contributed by atoms with Crippen LogP contribution in [0.5, 0.6) is 0 Å². The number of hydrogen-bond acceptors (Lipinski definition) is 5. The summed E-state index contributed by atoms with van der Waals surface area (Å²) < 4.78 is 0. The number of nitrogens with one attached hydrogen (secondary N) is 2. The molecule has 190 valence electrons. The van der Waals surface area contributed by atoms with Crippen LogP contribution >= 0.6 is 0 Å². The van der Waals surface area contributed by atoms with Crippen molar-refractivity contribution in [3.63, 3.8) is 0 Å². The predicted molar refractivity (Wildman–Crippen MR) is 139 cm³/mol. The van der Waals surface area contributed by atoms with Gasteiger partial charge < -0.3 is 20.1 Å². The minimum Gasteiger partial charge on any atom is -0.335 e. The molecule has 4 heterocycles. The second-order valence-corrected chi connectivity index (χ2v) is 10.5. The Balaban J connectivity index is 1.46. The minimum absolute atomic E-state index is 0.0963. The van der Waals surface area contributed by atoms with Crippen LogP contribution in [0.1, 0.15) is 48.4 Å². The summed E-state index contributed by atoms with van der Waals surface area (Å²) in [6.07, 6.45) is 0.639. The Kier molecular flexibility index (Phi) is 5.98. The molecule has 1 spiro atoms. The quantitative estimate of drug-likeness (QED) is 0.559. The number of nitriles is 1. The highest BCUT2D eigenvalue weighted by molar-refractivity contribution is 6.07. The third-order valence-electron chi connectivity index (χ3n) is 7.53. The van der Waals surface area contributed by atoms with Crippen molar-refractivity contribution in [2.45, 2.75) is 51.1 Å². The minimum atomic E-state index is -0.974.